The minimum atomic E-state index is -1.31. The molecule has 0 unspecified atom stereocenters. The molecule has 1 aliphatic carbocycles. The second-order valence-electron chi connectivity index (χ2n) is 28.4. The maximum absolute atomic E-state index is 15.1. The zero-order valence-corrected chi connectivity index (χ0v) is 64.5. The average molecular weight is 1540 g/mol. The molecule has 13 atom stereocenters. The summed E-state index contributed by atoms with van der Waals surface area (Å²) < 4.78 is 28.6. The summed E-state index contributed by atoms with van der Waals surface area (Å²) in [5, 5.41) is 24.3. The van der Waals surface area contributed by atoms with Crippen molar-refractivity contribution in [1.29, 1.82) is 0 Å². The van der Waals surface area contributed by atoms with E-state index in [-0.39, 0.29) is 99.2 Å². The predicted octanol–water partition coefficient (Wildman–Crippen LogP) is 4.44. The summed E-state index contributed by atoms with van der Waals surface area (Å²) in [6.45, 7) is 11.4. The normalized spacial score (nSPS) is 18.9. The van der Waals surface area contributed by atoms with E-state index in [4.69, 9.17) is 35.8 Å². The second-order valence-corrected chi connectivity index (χ2v) is 29.4. The fourth-order valence-electron chi connectivity index (χ4n) is 14.4. The molecule has 14 amide bonds. The van der Waals surface area contributed by atoms with Crippen LogP contribution in [0, 0.1) is 41.9 Å². The molecular weight excluding hydrogens is 1430 g/mol. The number of benzene rings is 2. The minimum absolute atomic E-state index is 0.0133. The molecule has 2 saturated heterocycles. The highest BCUT2D eigenvalue weighted by Crippen LogP contribution is 2.43. The third-order valence-electron chi connectivity index (χ3n) is 20.3. The molecule has 1 aromatic heterocycles. The van der Waals surface area contributed by atoms with Crippen molar-refractivity contribution in [3.05, 3.63) is 88.4 Å². The Hall–Kier alpha value is -10.0. The number of piperidine rings is 1. The van der Waals surface area contributed by atoms with E-state index in [1.807, 2.05) is 49.6 Å². The lowest BCUT2D eigenvalue weighted by molar-refractivity contribution is -0.148. The molecule has 2 bridgehead atoms. The number of carbonyl (C=O) groups is 13. The van der Waals surface area contributed by atoms with Crippen molar-refractivity contribution in [2.75, 3.05) is 77.9 Å². The number of imide groups is 1. The number of terminal acetylenes is 1. The highest BCUT2D eigenvalue weighted by atomic mass is 32.1. The summed E-state index contributed by atoms with van der Waals surface area (Å²) in [5.74, 6) is -5.35. The number of alkyl carbamates (subject to hydrolysis) is 1. The van der Waals surface area contributed by atoms with Crippen molar-refractivity contribution in [2.45, 2.75) is 186 Å². The minimum Gasteiger partial charge on any atom is -0.444 e. The molecule has 3 aromatic rings. The van der Waals surface area contributed by atoms with E-state index in [2.05, 4.69) is 53.4 Å². The van der Waals surface area contributed by atoms with Crippen molar-refractivity contribution >= 4 is 100 Å². The Morgan fingerprint density at radius 3 is 2.18 bits per heavy atom. The Kier molecular flexibility index (Phi) is 33.3. The number of anilines is 2. The second kappa shape index (κ2) is 42.1. The van der Waals surface area contributed by atoms with Crippen LogP contribution in [0.4, 0.5) is 25.8 Å². The van der Waals surface area contributed by atoms with Crippen molar-refractivity contribution in [1.82, 2.24) is 56.5 Å². The van der Waals surface area contributed by atoms with Gasteiger partial charge in [-0.1, -0.05) is 97.2 Å². The molecule has 7 rings (SSSR count). The van der Waals surface area contributed by atoms with Crippen molar-refractivity contribution in [2.24, 2.45) is 35.3 Å². The third-order valence-corrected chi connectivity index (χ3v) is 21.2. The van der Waals surface area contributed by atoms with Gasteiger partial charge in [0, 0.05) is 87.5 Å². The number of nitrogens with zero attached hydrogens (tertiary/aromatic N) is 5. The van der Waals surface area contributed by atoms with Gasteiger partial charge in [0.15, 0.2) is 6.61 Å². The molecule has 0 spiro atoms. The molecule has 4 heterocycles. The first-order valence-corrected chi connectivity index (χ1v) is 37.9. The first-order chi connectivity index (χ1) is 52.1. The van der Waals surface area contributed by atoms with Gasteiger partial charge in [-0.15, -0.1) is 17.8 Å². The number of ether oxygens (including phenoxy) is 5. The molecule has 3 fully saturated rings. The van der Waals surface area contributed by atoms with Gasteiger partial charge in [-0.05, 0) is 92.7 Å². The Bertz CT molecular complexity index is 3730. The van der Waals surface area contributed by atoms with Crippen LogP contribution < -0.4 is 48.3 Å². The Morgan fingerprint density at radius 1 is 0.807 bits per heavy atom. The first-order valence-electron chi connectivity index (χ1n) is 37.0. The summed E-state index contributed by atoms with van der Waals surface area (Å²) in [6.07, 6.45) is 9.64. The molecule has 2 aromatic carbocycles. The number of hydrogen-bond acceptors (Lipinski definition) is 20. The van der Waals surface area contributed by atoms with Crippen LogP contribution >= 0.6 is 11.3 Å². The summed E-state index contributed by atoms with van der Waals surface area (Å²) in [7, 11) is 4.67. The number of urea groups is 1. The highest BCUT2D eigenvalue weighted by molar-refractivity contribution is 7.09. The molecule has 3 aliphatic heterocycles. The maximum atomic E-state index is 15.1. The number of rotatable bonds is 41. The number of hydrogen-bond donors (Lipinski definition) is 9. The Morgan fingerprint density at radius 2 is 1.53 bits per heavy atom. The Labute approximate surface area is 639 Å². The fraction of sp³-hybridized carbons (Fsp3) is 0.579. The van der Waals surface area contributed by atoms with E-state index in [0.717, 1.165) is 27.6 Å². The number of thiazole rings is 1. The lowest BCUT2D eigenvalue weighted by Gasteiger charge is -2.41. The SMILES string of the molecule is C#CCOC(=O)NCC(=O)Nc1cc(NC(=O)[C@H](CCCNC(N)=O)NC(=O)[C@@H](NC(=O)CCOCCN2C(=O)C=CC2=O)C(C)C)ccc1COC(=O)N1[C@@H]2CC[C@@H](C2)[C@H]1C(=O)N[C@H](C(=O)N(C)[C@@H]([C@@H](C)CC)[C@@H](CC(=O)N1CCC[C@H]1[C@H](OC)[C@@H](C)C(=O)N[C@@H](Cc1ccccc1)c1nccs1)OC)C(C)C. The molecule has 10 N–H and O–H groups in total. The number of fused-ring (bicyclic) bond motifs is 2. The van der Waals surface area contributed by atoms with E-state index in [9.17, 15) is 57.5 Å². The average Bonchev–Trinajstić information content (AvgIpc) is 1.64. The zero-order chi connectivity index (χ0) is 79.6. The number of aromatic nitrogens is 1. The molecule has 32 nitrogen and oxygen atoms in total. The summed E-state index contributed by atoms with van der Waals surface area (Å²) >= 11 is 1.46. The van der Waals surface area contributed by atoms with Crippen LogP contribution in [0.1, 0.15) is 135 Å². The molecule has 33 heteroatoms. The predicted molar refractivity (Wildman–Crippen MR) is 402 cm³/mol. The number of carbonyl (C=O) groups excluding carboxylic acids is 13. The largest absolute Gasteiger partial charge is 0.444 e. The first kappa shape index (κ1) is 86.2. The quantitative estimate of drug-likeness (QED) is 0.0215. The van der Waals surface area contributed by atoms with Crippen LogP contribution in [0.2, 0.25) is 0 Å². The van der Waals surface area contributed by atoms with Gasteiger partial charge in [-0.2, -0.15) is 0 Å². The van der Waals surface area contributed by atoms with Crippen molar-refractivity contribution < 1.29 is 86.0 Å². The molecule has 0 radical (unpaired) electrons. The van der Waals surface area contributed by atoms with Gasteiger partial charge in [0.05, 0.1) is 62.4 Å². The summed E-state index contributed by atoms with van der Waals surface area (Å²) in [5.41, 5.74) is 6.55. The van der Waals surface area contributed by atoms with Crippen LogP contribution in [0.3, 0.4) is 0 Å². The number of primary amides is 1. The third kappa shape index (κ3) is 24.2. The van der Waals surface area contributed by atoms with Crippen LogP contribution in [0.15, 0.2) is 72.3 Å². The van der Waals surface area contributed by atoms with E-state index < -0.39 is 157 Å². The number of likely N-dealkylation sites (tertiary alicyclic amines) is 2. The molecule has 109 heavy (non-hydrogen) atoms. The lowest BCUT2D eigenvalue weighted by Crippen LogP contribution is -2.60. The van der Waals surface area contributed by atoms with E-state index in [0.29, 0.717) is 51.5 Å². The molecule has 594 valence electrons. The topological polar surface area (TPSA) is 416 Å². The van der Waals surface area contributed by atoms with Crippen LogP contribution in [-0.4, -0.2) is 224 Å². The zero-order valence-electron chi connectivity index (χ0n) is 63.7. The molecular formula is C76H106N14O18S. The standard InChI is InChI=1S/C76H106N14O18S/c1-12-34-107-75(102)80-42-59(92)82-54-40-51(81-69(97)53(21-17-30-79-74(77)101)83-70(98)63(44(3)4)85-58(91)29-35-106-36-33-89-60(93)27-28-61(89)94)25-23-50(54)43-108-76(103)90-52-26-24-49(39-52)66(90)71(99)86-64(45(5)6)73(100)87(9)65(46(7)13-2)57(104-10)41-62(95)88-32-18-22-56(88)67(105-11)47(8)68(96)84-55(72-78-31-37-109-72)38-48-19-15-14-16-20-48/h1,14-16,19-20,23,25,27-28,31,37,40,44-47,49,52-53,55-57,63-67H,13,17-18,21-22,24,26,29-30,32-36,38-39,41-43H2,2-11H3,(H,80,102)(H,81,97)(H,82,92)(H,83,98)(H,84,96)(H,85,91)(H,86,99)(H3,77,79,101)/t46-,47+,49-,52+,53-,55-,56-,57+,63-,64-,65-,66-,67+/m0/s1. The van der Waals surface area contributed by atoms with E-state index >= 15 is 4.79 Å². The highest BCUT2D eigenvalue weighted by Gasteiger charge is 2.53. The maximum Gasteiger partial charge on any atom is 0.411 e. The number of likely N-dealkylation sites (N-methyl/N-ethyl adjacent to an activating group) is 1. The number of amides is 14. The lowest BCUT2D eigenvalue weighted by atomic mass is 9.89. The molecule has 4 aliphatic rings. The van der Waals surface area contributed by atoms with Gasteiger partial charge < -0.3 is 81.8 Å². The number of methoxy groups -OCH3 is 2. The van der Waals surface area contributed by atoms with E-state index in [1.165, 1.54) is 41.5 Å². The fourth-order valence-corrected chi connectivity index (χ4v) is 15.1. The van der Waals surface area contributed by atoms with Gasteiger partial charge in [0.1, 0.15) is 42.3 Å². The van der Waals surface area contributed by atoms with Crippen LogP contribution in [0.25, 0.3) is 0 Å². The Balaban J connectivity index is 1.02. The number of nitrogens with two attached hydrogens (primary N) is 1. The van der Waals surface area contributed by atoms with Crippen molar-refractivity contribution in [3.63, 3.8) is 0 Å². The summed E-state index contributed by atoms with van der Waals surface area (Å²) in [4.78, 5) is 186. The monoisotopic (exact) mass is 1530 g/mol. The van der Waals surface area contributed by atoms with Crippen LogP contribution in [-0.2, 0) is 84.7 Å². The number of nitrogens with one attached hydrogen (secondary N) is 8. The molecule has 1 saturated carbocycles. The van der Waals surface area contributed by atoms with Gasteiger partial charge in [0.25, 0.3) is 11.8 Å². The van der Waals surface area contributed by atoms with Gasteiger partial charge in [-0.25, -0.2) is 19.4 Å². The smallest absolute Gasteiger partial charge is 0.411 e. The van der Waals surface area contributed by atoms with Crippen LogP contribution in [0.5, 0.6) is 0 Å². The summed E-state index contributed by atoms with van der Waals surface area (Å²) in [6, 6.07) is 6.66. The van der Waals surface area contributed by atoms with Gasteiger partial charge >= 0.3 is 18.2 Å². The van der Waals surface area contributed by atoms with Crippen molar-refractivity contribution in [3.8, 4) is 12.3 Å². The van der Waals surface area contributed by atoms with Gasteiger partial charge in [-0.3, -0.25) is 57.7 Å². The van der Waals surface area contributed by atoms with Gasteiger partial charge in [0.2, 0.25) is 47.3 Å². The van der Waals surface area contributed by atoms with E-state index in [1.54, 1.807) is 64.8 Å².